The van der Waals surface area contributed by atoms with Gasteiger partial charge in [0.1, 0.15) is 5.76 Å². The van der Waals surface area contributed by atoms with Gasteiger partial charge in [-0.2, -0.15) is 0 Å². The predicted octanol–water partition coefficient (Wildman–Crippen LogP) is 3.60. The quantitative estimate of drug-likeness (QED) is 0.859. The summed E-state index contributed by atoms with van der Waals surface area (Å²) in [6, 6.07) is 5.12. The third-order valence-electron chi connectivity index (χ3n) is 3.42. The van der Waals surface area contributed by atoms with Gasteiger partial charge in [-0.1, -0.05) is 27.2 Å². The zero-order chi connectivity index (χ0) is 15.6. The molecular formula is C15H17BrN2O3. The fourth-order valence-electron chi connectivity index (χ4n) is 2.30. The molecule has 0 spiro atoms. The number of hydrogen-bond acceptors (Lipinski definition) is 4. The molecular weight excluding hydrogens is 336 g/mol. The number of aromatic carboxylic acids is 1. The highest BCUT2D eigenvalue weighted by Crippen LogP contribution is 2.23. The molecule has 0 fully saturated rings. The first-order chi connectivity index (χ1) is 9.90. The number of nitrogens with zero attached hydrogens (tertiary/aromatic N) is 1. The Kier molecular flexibility index (Phi) is 4.80. The van der Waals surface area contributed by atoms with Gasteiger partial charge in [-0.25, -0.2) is 4.79 Å². The van der Waals surface area contributed by atoms with Crippen molar-refractivity contribution in [3.8, 4) is 0 Å². The van der Waals surface area contributed by atoms with E-state index in [1.54, 1.807) is 18.2 Å². The summed E-state index contributed by atoms with van der Waals surface area (Å²) >= 11 is 3.41. The van der Waals surface area contributed by atoms with E-state index in [9.17, 15) is 4.79 Å². The number of aromatic nitrogens is 1. The number of aryl methyl sites for hydroxylation is 2. The Morgan fingerprint density at radius 3 is 2.71 bits per heavy atom. The van der Waals surface area contributed by atoms with Crippen LogP contribution >= 0.6 is 15.9 Å². The van der Waals surface area contributed by atoms with E-state index in [-0.39, 0.29) is 11.6 Å². The Hall–Kier alpha value is -1.66. The van der Waals surface area contributed by atoms with Crippen LogP contribution < -0.4 is 5.32 Å². The maximum absolute atomic E-state index is 10.9. The first kappa shape index (κ1) is 15.7. The number of hydrogen-bond donors (Lipinski definition) is 2. The molecule has 0 aliphatic heterocycles. The Morgan fingerprint density at radius 1 is 1.48 bits per heavy atom. The largest absolute Gasteiger partial charge is 0.478 e. The summed E-state index contributed by atoms with van der Waals surface area (Å²) in [6.45, 7) is 6.48. The van der Waals surface area contributed by atoms with Crippen LogP contribution in [0.3, 0.4) is 0 Å². The summed E-state index contributed by atoms with van der Waals surface area (Å²) in [5, 5.41) is 16.3. The summed E-state index contributed by atoms with van der Waals surface area (Å²) in [5.74, 6) is -0.118. The van der Waals surface area contributed by atoms with Crippen molar-refractivity contribution in [2.75, 3.05) is 0 Å². The molecule has 2 rings (SSSR count). The standard InChI is InChI=1S/C15H17BrN2O3/c1-8(14-9(2)18-21-10(14)3)17-7-12-5-4-11(15(19)20)6-13(12)16/h4-6,8,17H,7H2,1-3H3,(H,19,20). The van der Waals surface area contributed by atoms with Crippen molar-refractivity contribution in [1.29, 1.82) is 0 Å². The van der Waals surface area contributed by atoms with Gasteiger partial charge >= 0.3 is 5.97 Å². The van der Waals surface area contributed by atoms with Crippen LogP contribution in [0.4, 0.5) is 0 Å². The number of carboxylic acids is 1. The number of nitrogens with one attached hydrogen (secondary N) is 1. The molecule has 1 atom stereocenters. The maximum atomic E-state index is 10.9. The van der Waals surface area contributed by atoms with Crippen molar-refractivity contribution in [1.82, 2.24) is 10.5 Å². The zero-order valence-corrected chi connectivity index (χ0v) is 13.7. The van der Waals surface area contributed by atoms with Gasteiger partial charge in [0.05, 0.1) is 11.3 Å². The summed E-state index contributed by atoms with van der Waals surface area (Å²) in [4.78, 5) is 10.9. The van der Waals surface area contributed by atoms with Gasteiger partial charge in [-0.3, -0.25) is 0 Å². The predicted molar refractivity (Wildman–Crippen MR) is 82.3 cm³/mol. The molecule has 0 saturated heterocycles. The molecule has 0 bridgehead atoms. The Bertz CT molecular complexity index is 647. The lowest BCUT2D eigenvalue weighted by Gasteiger charge is -2.14. The van der Waals surface area contributed by atoms with E-state index in [4.69, 9.17) is 9.63 Å². The van der Waals surface area contributed by atoms with Gasteiger partial charge in [0.15, 0.2) is 0 Å². The average molecular weight is 353 g/mol. The summed E-state index contributed by atoms with van der Waals surface area (Å²) in [6.07, 6.45) is 0. The normalized spacial score (nSPS) is 12.4. The lowest BCUT2D eigenvalue weighted by atomic mass is 10.1. The number of carboxylic acid groups (broad SMARTS) is 1. The van der Waals surface area contributed by atoms with E-state index in [0.29, 0.717) is 6.54 Å². The van der Waals surface area contributed by atoms with Crippen molar-refractivity contribution in [2.24, 2.45) is 0 Å². The first-order valence-electron chi connectivity index (χ1n) is 6.58. The smallest absolute Gasteiger partial charge is 0.335 e. The Balaban J connectivity index is 2.08. The van der Waals surface area contributed by atoms with Crippen LogP contribution in [-0.2, 0) is 6.54 Å². The fourth-order valence-corrected chi connectivity index (χ4v) is 2.82. The minimum absolute atomic E-state index is 0.0994. The lowest BCUT2D eigenvalue weighted by molar-refractivity contribution is 0.0697. The van der Waals surface area contributed by atoms with Crippen LogP contribution in [0.1, 0.15) is 45.9 Å². The van der Waals surface area contributed by atoms with Gasteiger partial charge in [-0.05, 0) is 38.5 Å². The molecule has 0 aliphatic rings. The number of rotatable bonds is 5. The van der Waals surface area contributed by atoms with E-state index >= 15 is 0 Å². The average Bonchev–Trinajstić information content (AvgIpc) is 2.76. The molecule has 5 nitrogen and oxygen atoms in total. The van der Waals surface area contributed by atoms with Crippen LogP contribution in [0.5, 0.6) is 0 Å². The van der Waals surface area contributed by atoms with Gasteiger partial charge in [0.2, 0.25) is 0 Å². The monoisotopic (exact) mass is 352 g/mol. The Morgan fingerprint density at radius 2 is 2.19 bits per heavy atom. The molecule has 2 aromatic rings. The topological polar surface area (TPSA) is 75.4 Å². The van der Waals surface area contributed by atoms with E-state index < -0.39 is 5.97 Å². The zero-order valence-electron chi connectivity index (χ0n) is 12.1. The van der Waals surface area contributed by atoms with Crippen LogP contribution in [0.15, 0.2) is 27.2 Å². The summed E-state index contributed by atoms with van der Waals surface area (Å²) in [5.41, 5.74) is 3.21. The second-order valence-electron chi connectivity index (χ2n) is 4.95. The highest BCUT2D eigenvalue weighted by Gasteiger charge is 2.16. The van der Waals surface area contributed by atoms with Crippen LogP contribution in [-0.4, -0.2) is 16.2 Å². The molecule has 112 valence electrons. The van der Waals surface area contributed by atoms with E-state index in [1.165, 1.54) is 0 Å². The number of benzene rings is 1. The van der Waals surface area contributed by atoms with Crippen LogP contribution in [0.2, 0.25) is 0 Å². The van der Waals surface area contributed by atoms with Crippen molar-refractivity contribution >= 4 is 21.9 Å². The molecule has 0 radical (unpaired) electrons. The molecule has 0 saturated carbocycles. The molecule has 1 aromatic heterocycles. The molecule has 21 heavy (non-hydrogen) atoms. The fraction of sp³-hybridized carbons (Fsp3) is 0.333. The third kappa shape index (κ3) is 3.51. The highest BCUT2D eigenvalue weighted by atomic mass is 79.9. The SMILES string of the molecule is Cc1noc(C)c1C(C)NCc1ccc(C(=O)O)cc1Br. The van der Waals surface area contributed by atoms with Gasteiger partial charge in [0, 0.05) is 22.6 Å². The number of carbonyl (C=O) groups is 1. The summed E-state index contributed by atoms with van der Waals surface area (Å²) < 4.78 is 5.95. The number of halogens is 1. The van der Waals surface area contributed by atoms with E-state index in [2.05, 4.69) is 26.4 Å². The highest BCUT2D eigenvalue weighted by molar-refractivity contribution is 9.10. The second-order valence-corrected chi connectivity index (χ2v) is 5.81. The van der Waals surface area contributed by atoms with Crippen molar-refractivity contribution in [3.05, 3.63) is 50.8 Å². The molecule has 1 unspecified atom stereocenters. The van der Waals surface area contributed by atoms with Gasteiger partial charge in [-0.15, -0.1) is 0 Å². The minimum atomic E-state index is -0.931. The van der Waals surface area contributed by atoms with Crippen molar-refractivity contribution in [2.45, 2.75) is 33.4 Å². The van der Waals surface area contributed by atoms with E-state index in [0.717, 1.165) is 27.1 Å². The minimum Gasteiger partial charge on any atom is -0.478 e. The first-order valence-corrected chi connectivity index (χ1v) is 7.37. The van der Waals surface area contributed by atoms with Gasteiger partial charge < -0.3 is 14.9 Å². The molecule has 1 aromatic carbocycles. The van der Waals surface area contributed by atoms with E-state index in [1.807, 2.05) is 20.8 Å². The second kappa shape index (κ2) is 6.41. The molecule has 0 amide bonds. The third-order valence-corrected chi connectivity index (χ3v) is 4.16. The molecule has 6 heteroatoms. The lowest BCUT2D eigenvalue weighted by Crippen LogP contribution is -2.19. The van der Waals surface area contributed by atoms with Crippen LogP contribution in [0, 0.1) is 13.8 Å². The van der Waals surface area contributed by atoms with Crippen LogP contribution in [0.25, 0.3) is 0 Å². The molecule has 0 aliphatic carbocycles. The molecule has 2 N–H and O–H groups in total. The Labute approximate surface area is 131 Å². The summed E-state index contributed by atoms with van der Waals surface area (Å²) in [7, 11) is 0. The van der Waals surface area contributed by atoms with Crippen molar-refractivity contribution < 1.29 is 14.4 Å². The maximum Gasteiger partial charge on any atom is 0.335 e. The van der Waals surface area contributed by atoms with Gasteiger partial charge in [0.25, 0.3) is 0 Å². The molecule has 1 heterocycles. The van der Waals surface area contributed by atoms with Crippen molar-refractivity contribution in [3.63, 3.8) is 0 Å².